The number of halogens is 4. The van der Waals surface area contributed by atoms with Gasteiger partial charge in [0, 0.05) is 12.0 Å². The Hall–Kier alpha value is -3.96. The number of nitrogens with zero attached hydrogens (tertiary/aromatic N) is 2. The first kappa shape index (κ1) is 28.6. The molecule has 214 valence electrons. The maximum atomic E-state index is 13.1. The van der Waals surface area contributed by atoms with Crippen LogP contribution in [0.4, 0.5) is 8.78 Å². The topological polar surface area (TPSA) is 109 Å². The lowest BCUT2D eigenvalue weighted by Gasteiger charge is -2.22. The van der Waals surface area contributed by atoms with Crippen LogP contribution in [0.1, 0.15) is 50.8 Å². The van der Waals surface area contributed by atoms with E-state index in [2.05, 4.69) is 4.74 Å². The summed E-state index contributed by atoms with van der Waals surface area (Å²) in [7, 11) is 0. The second-order valence-corrected chi connectivity index (χ2v) is 10.4. The molecule has 0 saturated heterocycles. The predicted molar refractivity (Wildman–Crippen MR) is 141 cm³/mol. The molecule has 1 aliphatic heterocycles. The minimum Gasteiger partial charge on any atom is -0.619 e. The van der Waals surface area contributed by atoms with Gasteiger partial charge in [0.1, 0.15) is 22.7 Å². The van der Waals surface area contributed by atoms with Crippen LogP contribution in [0.15, 0.2) is 54.9 Å². The lowest BCUT2D eigenvalue weighted by atomic mass is 10.0. The van der Waals surface area contributed by atoms with Crippen molar-refractivity contribution in [3.63, 3.8) is 0 Å². The molecule has 1 saturated carbocycles. The highest BCUT2D eigenvalue weighted by Gasteiger charge is 2.37. The van der Waals surface area contributed by atoms with Crippen LogP contribution in [0.25, 0.3) is 0 Å². The molecule has 0 unspecified atom stereocenters. The quantitative estimate of drug-likeness (QED) is 0.129. The average Bonchev–Trinajstić information content (AvgIpc) is 3.72. The minimum atomic E-state index is -3.10. The van der Waals surface area contributed by atoms with Gasteiger partial charge in [-0.05, 0) is 48.6 Å². The number of aromatic nitrogens is 1. The van der Waals surface area contributed by atoms with E-state index in [0.29, 0.717) is 16.2 Å². The second kappa shape index (κ2) is 11.9. The summed E-state index contributed by atoms with van der Waals surface area (Å²) in [6.07, 6.45) is 2.78. The molecule has 2 amide bonds. The van der Waals surface area contributed by atoms with Crippen molar-refractivity contribution >= 4 is 41.0 Å². The number of ether oxygens (including phenoxy) is 3. The molecule has 1 atom stereocenters. The zero-order chi connectivity index (χ0) is 29.3. The molecular formula is C28H22Cl2F2N2O7. The van der Waals surface area contributed by atoms with Crippen LogP contribution in [0, 0.1) is 11.1 Å². The average molecular weight is 607 g/mol. The van der Waals surface area contributed by atoms with Crippen molar-refractivity contribution in [3.8, 4) is 11.5 Å². The number of amides is 2. The van der Waals surface area contributed by atoms with E-state index in [9.17, 15) is 28.4 Å². The molecule has 2 aliphatic rings. The van der Waals surface area contributed by atoms with Crippen LogP contribution in [-0.4, -0.2) is 42.4 Å². The predicted octanol–water partition coefficient (Wildman–Crippen LogP) is 5.14. The Morgan fingerprint density at radius 3 is 2.24 bits per heavy atom. The molecule has 2 aromatic carbocycles. The van der Waals surface area contributed by atoms with Gasteiger partial charge in [0.15, 0.2) is 23.9 Å². The van der Waals surface area contributed by atoms with E-state index in [4.69, 9.17) is 32.7 Å². The first-order chi connectivity index (χ1) is 19.6. The Morgan fingerprint density at radius 2 is 1.66 bits per heavy atom. The van der Waals surface area contributed by atoms with E-state index >= 15 is 0 Å². The van der Waals surface area contributed by atoms with Gasteiger partial charge >= 0.3 is 12.6 Å². The largest absolute Gasteiger partial charge is 0.619 e. The van der Waals surface area contributed by atoms with Gasteiger partial charge in [-0.15, -0.1) is 0 Å². The zero-order valence-electron chi connectivity index (χ0n) is 21.2. The van der Waals surface area contributed by atoms with Gasteiger partial charge in [-0.1, -0.05) is 41.4 Å². The summed E-state index contributed by atoms with van der Waals surface area (Å²) < 4.78 is 42.6. The fourth-order valence-electron chi connectivity index (χ4n) is 4.37. The first-order valence-corrected chi connectivity index (χ1v) is 13.3. The summed E-state index contributed by atoms with van der Waals surface area (Å²) in [5.74, 6) is -2.11. The van der Waals surface area contributed by atoms with Crippen LogP contribution in [0.5, 0.6) is 11.5 Å². The third-order valence-corrected chi connectivity index (χ3v) is 7.26. The molecule has 5 rings (SSSR count). The van der Waals surface area contributed by atoms with E-state index in [1.807, 2.05) is 0 Å². The van der Waals surface area contributed by atoms with E-state index in [-0.39, 0.29) is 51.3 Å². The van der Waals surface area contributed by atoms with Gasteiger partial charge < -0.3 is 19.4 Å². The maximum absolute atomic E-state index is 13.1. The second-order valence-electron chi connectivity index (χ2n) is 9.56. The van der Waals surface area contributed by atoms with E-state index in [1.165, 1.54) is 30.3 Å². The highest BCUT2D eigenvalue weighted by Crippen LogP contribution is 2.38. The number of carbonyl (C=O) groups excluding carboxylic acids is 3. The minimum absolute atomic E-state index is 0.00300. The molecule has 41 heavy (non-hydrogen) atoms. The fourth-order valence-corrected chi connectivity index (χ4v) is 4.97. The highest BCUT2D eigenvalue weighted by molar-refractivity contribution is 6.35. The fraction of sp³-hybridized carbons (Fsp3) is 0.286. The van der Waals surface area contributed by atoms with Crippen molar-refractivity contribution in [3.05, 3.63) is 92.4 Å². The first-order valence-electron chi connectivity index (χ1n) is 12.5. The van der Waals surface area contributed by atoms with E-state index < -0.39 is 37.0 Å². The van der Waals surface area contributed by atoms with Crippen LogP contribution >= 0.6 is 23.2 Å². The number of esters is 1. The number of alkyl halides is 2. The monoisotopic (exact) mass is 606 g/mol. The number of hydrogen-bond acceptors (Lipinski definition) is 7. The number of hydrogen-bond donors (Lipinski definition) is 0. The Balaban J connectivity index is 1.43. The molecule has 0 radical (unpaired) electrons. The third-order valence-electron chi connectivity index (χ3n) is 6.61. The number of imide groups is 1. The maximum Gasteiger partial charge on any atom is 0.387 e. The number of carbonyl (C=O) groups is 3. The Morgan fingerprint density at radius 1 is 1.02 bits per heavy atom. The number of fused-ring (bicyclic) bond motifs is 1. The molecule has 0 spiro atoms. The van der Waals surface area contributed by atoms with Crippen LogP contribution in [-0.2, 0) is 16.0 Å². The van der Waals surface area contributed by atoms with Gasteiger partial charge in [-0.3, -0.25) is 19.3 Å². The van der Waals surface area contributed by atoms with E-state index in [1.54, 1.807) is 12.1 Å². The molecular weight excluding hydrogens is 585 g/mol. The lowest BCUT2D eigenvalue weighted by Crippen LogP contribution is -2.36. The van der Waals surface area contributed by atoms with Crippen molar-refractivity contribution in [2.45, 2.75) is 32.0 Å². The van der Waals surface area contributed by atoms with Crippen molar-refractivity contribution in [1.29, 1.82) is 0 Å². The summed E-state index contributed by atoms with van der Waals surface area (Å²) in [6.45, 7) is -3.50. The van der Waals surface area contributed by atoms with Crippen molar-refractivity contribution in [2.75, 3.05) is 13.2 Å². The van der Waals surface area contributed by atoms with Crippen LogP contribution < -0.4 is 14.2 Å². The summed E-state index contributed by atoms with van der Waals surface area (Å²) in [5.41, 5.74) is 0.914. The smallest absolute Gasteiger partial charge is 0.387 e. The SMILES string of the molecule is O=C(CN1C(=O)c2ccccc2C1=O)O[C@@H](Cc1c(Cl)c[n+]([O-])cc1Cl)c1ccc(OC(F)F)c(OCC2CC2)c1. The summed E-state index contributed by atoms with van der Waals surface area (Å²) in [6, 6.07) is 10.2. The van der Waals surface area contributed by atoms with Gasteiger partial charge in [-0.25, -0.2) is 0 Å². The van der Waals surface area contributed by atoms with Crippen LogP contribution in [0.3, 0.4) is 0 Å². The molecule has 1 fully saturated rings. The molecule has 0 bridgehead atoms. The van der Waals surface area contributed by atoms with E-state index in [0.717, 1.165) is 30.1 Å². The van der Waals surface area contributed by atoms with Crippen molar-refractivity contribution in [1.82, 2.24) is 4.90 Å². The molecule has 1 aliphatic carbocycles. The molecule has 0 N–H and O–H groups in total. The van der Waals surface area contributed by atoms with Crippen molar-refractivity contribution < 1.29 is 42.1 Å². The van der Waals surface area contributed by atoms with Gasteiger partial charge in [0.2, 0.25) is 0 Å². The standard InChI is InChI=1S/C28H22Cl2F2N2O7/c29-20-11-33(38)12-21(30)19(20)10-23(16-7-8-22(41-28(31)32)24(9-16)39-14-15-5-6-15)40-25(35)13-34-26(36)17-3-1-2-4-18(17)27(34)37/h1-4,7-9,11-12,15,23,28H,5-6,10,13-14H2/t23-/m0/s1. The summed E-state index contributed by atoms with van der Waals surface area (Å²) in [4.78, 5) is 39.4. The normalized spacial score (nSPS) is 15.2. The molecule has 13 heteroatoms. The number of pyridine rings is 1. The third kappa shape index (κ3) is 6.52. The summed E-state index contributed by atoms with van der Waals surface area (Å²) in [5, 5.41) is 11.7. The van der Waals surface area contributed by atoms with Gasteiger partial charge in [-0.2, -0.15) is 13.5 Å². The zero-order valence-corrected chi connectivity index (χ0v) is 22.7. The molecule has 9 nitrogen and oxygen atoms in total. The van der Waals surface area contributed by atoms with Gasteiger partial charge in [0.05, 0.1) is 17.7 Å². The Kier molecular flexibility index (Phi) is 8.27. The Bertz CT molecular complexity index is 1460. The molecule has 1 aromatic heterocycles. The summed E-state index contributed by atoms with van der Waals surface area (Å²) >= 11 is 12.5. The highest BCUT2D eigenvalue weighted by atomic mass is 35.5. The van der Waals surface area contributed by atoms with Crippen LogP contribution in [0.2, 0.25) is 10.0 Å². The lowest BCUT2D eigenvalue weighted by molar-refractivity contribution is -0.605. The molecule has 2 heterocycles. The van der Waals surface area contributed by atoms with Gasteiger partial charge in [0.25, 0.3) is 11.8 Å². The number of benzene rings is 2. The molecule has 3 aromatic rings. The van der Waals surface area contributed by atoms with Crippen molar-refractivity contribution in [2.24, 2.45) is 5.92 Å². The number of rotatable bonds is 11. The Labute approximate surface area is 242 Å².